The SMILES string of the molecule is C[C@H](NC(=O)[C@@H]1CCCCN1)C(=O)N[C@@H]1C(=O)N(C)c2ccccc2-c2ccccc21. The summed E-state index contributed by atoms with van der Waals surface area (Å²) in [6.07, 6.45) is 2.81. The third-order valence-electron chi connectivity index (χ3n) is 6.07. The van der Waals surface area contributed by atoms with Gasteiger partial charge < -0.3 is 20.9 Å². The molecule has 3 amide bonds. The van der Waals surface area contributed by atoms with E-state index in [9.17, 15) is 14.4 Å². The van der Waals surface area contributed by atoms with Crippen LogP contribution in [0.4, 0.5) is 5.69 Å². The molecule has 0 spiro atoms. The van der Waals surface area contributed by atoms with Gasteiger partial charge in [-0.25, -0.2) is 0 Å². The van der Waals surface area contributed by atoms with E-state index in [2.05, 4.69) is 16.0 Å². The van der Waals surface area contributed by atoms with Gasteiger partial charge >= 0.3 is 0 Å². The molecule has 1 saturated heterocycles. The van der Waals surface area contributed by atoms with Gasteiger partial charge in [0, 0.05) is 12.6 Å². The maximum absolute atomic E-state index is 13.3. The van der Waals surface area contributed by atoms with Gasteiger partial charge in [0.1, 0.15) is 12.1 Å². The summed E-state index contributed by atoms with van der Waals surface area (Å²) in [5.41, 5.74) is 3.38. The number of nitrogens with one attached hydrogen (secondary N) is 3. The summed E-state index contributed by atoms with van der Waals surface area (Å²) in [7, 11) is 1.71. The molecule has 162 valence electrons. The molecule has 0 aliphatic carbocycles. The van der Waals surface area contributed by atoms with Crippen molar-refractivity contribution in [1.29, 1.82) is 0 Å². The maximum Gasteiger partial charge on any atom is 0.253 e. The van der Waals surface area contributed by atoms with Crippen molar-refractivity contribution in [3.63, 3.8) is 0 Å². The molecule has 31 heavy (non-hydrogen) atoms. The molecular weight excluding hydrogens is 392 g/mol. The van der Waals surface area contributed by atoms with Crippen molar-refractivity contribution in [2.75, 3.05) is 18.5 Å². The zero-order chi connectivity index (χ0) is 22.0. The summed E-state index contributed by atoms with van der Waals surface area (Å²) >= 11 is 0. The van der Waals surface area contributed by atoms with Gasteiger partial charge in [-0.1, -0.05) is 48.9 Å². The maximum atomic E-state index is 13.3. The fraction of sp³-hybridized carbons (Fsp3) is 0.375. The number of piperidine rings is 1. The number of benzene rings is 2. The van der Waals surface area contributed by atoms with Gasteiger partial charge in [-0.15, -0.1) is 0 Å². The van der Waals surface area contributed by atoms with Gasteiger partial charge in [0.2, 0.25) is 11.8 Å². The summed E-state index contributed by atoms with van der Waals surface area (Å²) in [5, 5.41) is 8.84. The Hall–Kier alpha value is -3.19. The highest BCUT2D eigenvalue weighted by Crippen LogP contribution is 2.39. The van der Waals surface area contributed by atoms with Gasteiger partial charge in [0.15, 0.2) is 0 Å². The molecule has 7 heteroatoms. The van der Waals surface area contributed by atoms with E-state index < -0.39 is 18.0 Å². The van der Waals surface area contributed by atoms with E-state index in [4.69, 9.17) is 0 Å². The van der Waals surface area contributed by atoms with E-state index >= 15 is 0 Å². The van der Waals surface area contributed by atoms with Crippen LogP contribution in [0.1, 0.15) is 37.8 Å². The first kappa shape index (κ1) is 21.1. The smallest absolute Gasteiger partial charge is 0.253 e. The van der Waals surface area contributed by atoms with Crippen molar-refractivity contribution >= 4 is 23.4 Å². The molecule has 4 rings (SSSR count). The highest BCUT2D eigenvalue weighted by molar-refractivity contribution is 6.06. The number of likely N-dealkylation sites (N-methyl/N-ethyl adjacent to an activating group) is 1. The molecule has 2 aromatic carbocycles. The normalized spacial score (nSPS) is 21.4. The summed E-state index contributed by atoms with van der Waals surface area (Å²) in [4.78, 5) is 40.3. The van der Waals surface area contributed by atoms with Gasteiger partial charge in [-0.2, -0.15) is 0 Å². The zero-order valence-corrected chi connectivity index (χ0v) is 17.9. The van der Waals surface area contributed by atoms with Crippen LogP contribution in [0.3, 0.4) is 0 Å². The Labute approximate surface area is 182 Å². The van der Waals surface area contributed by atoms with E-state index in [-0.39, 0.29) is 17.9 Å². The average molecular weight is 421 g/mol. The van der Waals surface area contributed by atoms with Crippen molar-refractivity contribution in [2.45, 2.75) is 44.3 Å². The van der Waals surface area contributed by atoms with E-state index in [0.717, 1.165) is 48.2 Å². The molecule has 2 heterocycles. The molecule has 0 radical (unpaired) electrons. The molecule has 2 aromatic rings. The number of hydrogen-bond acceptors (Lipinski definition) is 4. The predicted molar refractivity (Wildman–Crippen MR) is 119 cm³/mol. The number of carbonyl (C=O) groups is 3. The first-order chi connectivity index (χ1) is 15.0. The predicted octanol–water partition coefficient (Wildman–Crippen LogP) is 2.13. The number of anilines is 1. The molecule has 1 fully saturated rings. The summed E-state index contributed by atoms with van der Waals surface area (Å²) in [5.74, 6) is -0.797. The fourth-order valence-electron chi connectivity index (χ4n) is 4.30. The van der Waals surface area contributed by atoms with Crippen molar-refractivity contribution < 1.29 is 14.4 Å². The standard InChI is InChI=1S/C24H28N4O3/c1-15(26-23(30)19-12-7-8-14-25-19)22(29)27-21-18-11-4-3-9-16(18)17-10-5-6-13-20(17)28(2)24(21)31/h3-6,9-11,13,15,19,21,25H,7-8,12,14H2,1-2H3,(H,26,30)(H,27,29)/t15-,19-,21-/m0/s1. The lowest BCUT2D eigenvalue weighted by Gasteiger charge is -2.26. The molecule has 7 nitrogen and oxygen atoms in total. The molecule has 0 saturated carbocycles. The Morgan fingerprint density at radius 1 is 1.06 bits per heavy atom. The van der Waals surface area contributed by atoms with Crippen LogP contribution in [0, 0.1) is 0 Å². The lowest BCUT2D eigenvalue weighted by Crippen LogP contribution is -2.54. The minimum atomic E-state index is -0.840. The van der Waals surface area contributed by atoms with Crippen LogP contribution in [0.2, 0.25) is 0 Å². The van der Waals surface area contributed by atoms with Crippen LogP contribution in [0.15, 0.2) is 48.5 Å². The van der Waals surface area contributed by atoms with Gasteiger partial charge in [-0.3, -0.25) is 14.4 Å². The van der Waals surface area contributed by atoms with Crippen molar-refractivity contribution in [2.24, 2.45) is 0 Å². The van der Waals surface area contributed by atoms with E-state index in [0.29, 0.717) is 0 Å². The Morgan fingerprint density at radius 3 is 2.52 bits per heavy atom. The minimum Gasteiger partial charge on any atom is -0.343 e. The lowest BCUT2D eigenvalue weighted by molar-refractivity contribution is -0.131. The number of fused-ring (bicyclic) bond motifs is 3. The molecule has 3 atom stereocenters. The molecule has 2 aliphatic heterocycles. The zero-order valence-electron chi connectivity index (χ0n) is 17.9. The van der Waals surface area contributed by atoms with Crippen LogP contribution in [-0.2, 0) is 14.4 Å². The van der Waals surface area contributed by atoms with Crippen LogP contribution in [0.25, 0.3) is 11.1 Å². The number of para-hydroxylation sites is 1. The molecule has 3 N–H and O–H groups in total. The lowest BCUT2D eigenvalue weighted by atomic mass is 9.95. The molecular formula is C24H28N4O3. The second kappa shape index (κ2) is 8.89. The van der Waals surface area contributed by atoms with Gasteiger partial charge in [-0.05, 0) is 43.5 Å². The second-order valence-electron chi connectivity index (χ2n) is 8.18. The van der Waals surface area contributed by atoms with E-state index in [1.807, 2.05) is 48.5 Å². The van der Waals surface area contributed by atoms with Gasteiger partial charge in [0.25, 0.3) is 5.91 Å². The monoisotopic (exact) mass is 420 g/mol. The average Bonchev–Trinajstić information content (AvgIpc) is 2.89. The first-order valence-corrected chi connectivity index (χ1v) is 10.8. The third-order valence-corrected chi connectivity index (χ3v) is 6.07. The van der Waals surface area contributed by atoms with Crippen molar-refractivity contribution in [1.82, 2.24) is 16.0 Å². The number of rotatable bonds is 4. The highest BCUT2D eigenvalue weighted by Gasteiger charge is 2.34. The summed E-state index contributed by atoms with van der Waals surface area (Å²) < 4.78 is 0. The largest absolute Gasteiger partial charge is 0.343 e. The topological polar surface area (TPSA) is 90.5 Å². The quantitative estimate of drug-likeness (QED) is 0.707. The summed E-state index contributed by atoms with van der Waals surface area (Å²) in [6, 6.07) is 13.4. The minimum absolute atomic E-state index is 0.181. The van der Waals surface area contributed by atoms with E-state index in [1.54, 1.807) is 18.9 Å². The molecule has 2 aliphatic rings. The molecule has 0 unspecified atom stereocenters. The van der Waals surface area contributed by atoms with E-state index in [1.165, 1.54) is 0 Å². The van der Waals surface area contributed by atoms with Crippen molar-refractivity contribution in [3.05, 3.63) is 54.1 Å². The Kier molecular flexibility index (Phi) is 6.04. The van der Waals surface area contributed by atoms with Crippen LogP contribution in [-0.4, -0.2) is 43.4 Å². The Morgan fingerprint density at radius 2 is 1.77 bits per heavy atom. The molecule has 0 aromatic heterocycles. The number of hydrogen-bond donors (Lipinski definition) is 3. The Bertz CT molecular complexity index is 1000. The summed E-state index contributed by atoms with van der Waals surface area (Å²) in [6.45, 7) is 2.44. The molecule has 0 bridgehead atoms. The third kappa shape index (κ3) is 4.18. The number of carbonyl (C=O) groups excluding carboxylic acids is 3. The second-order valence-corrected chi connectivity index (χ2v) is 8.18. The fourth-order valence-corrected chi connectivity index (χ4v) is 4.30. The Balaban J connectivity index is 1.55. The highest BCUT2D eigenvalue weighted by atomic mass is 16.2. The number of amides is 3. The van der Waals surface area contributed by atoms with Crippen LogP contribution >= 0.6 is 0 Å². The van der Waals surface area contributed by atoms with Crippen LogP contribution < -0.4 is 20.9 Å². The first-order valence-electron chi connectivity index (χ1n) is 10.8. The van der Waals surface area contributed by atoms with Crippen LogP contribution in [0.5, 0.6) is 0 Å². The van der Waals surface area contributed by atoms with Gasteiger partial charge in [0.05, 0.1) is 11.7 Å². The number of nitrogens with zero attached hydrogens (tertiary/aromatic N) is 1. The van der Waals surface area contributed by atoms with Crippen molar-refractivity contribution in [3.8, 4) is 11.1 Å².